The van der Waals surface area contributed by atoms with Crippen LogP contribution >= 0.6 is 0 Å². The normalized spacial score (nSPS) is 19.9. The minimum atomic E-state index is -0.262. The Labute approximate surface area is 110 Å². The highest BCUT2D eigenvalue weighted by Gasteiger charge is 2.33. The Morgan fingerprint density at radius 1 is 1.42 bits per heavy atom. The molecule has 0 aromatic carbocycles. The molecule has 1 saturated carbocycles. The number of likely N-dealkylation sites (N-methyl/N-ethyl adjacent to an activating group) is 1. The fraction of sp³-hybridized carbons (Fsp3) is 0.583. The Morgan fingerprint density at radius 2 is 2.16 bits per heavy atom. The maximum atomic E-state index is 12.3. The number of rotatable bonds is 2. The molecule has 0 atom stereocenters. The summed E-state index contributed by atoms with van der Waals surface area (Å²) >= 11 is 0. The number of hydrogen-bond acceptors (Lipinski definition) is 4. The summed E-state index contributed by atoms with van der Waals surface area (Å²) in [4.78, 5) is 27.1. The van der Waals surface area contributed by atoms with Crippen molar-refractivity contribution in [2.24, 2.45) is 0 Å². The number of amides is 2. The third-order valence-corrected chi connectivity index (χ3v) is 3.77. The summed E-state index contributed by atoms with van der Waals surface area (Å²) in [6.07, 6.45) is 2.18. The molecule has 0 bridgehead atoms. The van der Waals surface area contributed by atoms with Crippen molar-refractivity contribution in [1.82, 2.24) is 20.0 Å². The number of H-pyrrole nitrogens is 1. The van der Waals surface area contributed by atoms with Gasteiger partial charge in [0.1, 0.15) is 6.54 Å². The first-order valence-corrected chi connectivity index (χ1v) is 6.45. The molecule has 19 heavy (non-hydrogen) atoms. The molecule has 1 saturated heterocycles. The predicted octanol–water partition coefficient (Wildman–Crippen LogP) is -0.216. The molecule has 7 nitrogen and oxygen atoms in total. The van der Waals surface area contributed by atoms with Gasteiger partial charge in [-0.25, -0.2) is 0 Å². The van der Waals surface area contributed by atoms with Gasteiger partial charge >= 0.3 is 0 Å². The van der Waals surface area contributed by atoms with Crippen molar-refractivity contribution in [3.8, 4) is 0 Å². The molecule has 2 aliphatic rings. The second-order valence-electron chi connectivity index (χ2n) is 5.22. The van der Waals surface area contributed by atoms with Crippen LogP contribution in [0.25, 0.3) is 0 Å². The molecule has 3 N–H and O–H groups in total. The van der Waals surface area contributed by atoms with E-state index in [0.29, 0.717) is 24.7 Å². The molecule has 2 amide bonds. The largest absolute Gasteiger partial charge is 0.395 e. The van der Waals surface area contributed by atoms with Crippen LogP contribution in [0.3, 0.4) is 0 Å². The number of aromatic nitrogens is 2. The monoisotopic (exact) mass is 263 g/mol. The number of nitrogens with two attached hydrogens (primary N) is 1. The maximum Gasteiger partial charge on any atom is 0.277 e. The molecule has 1 aliphatic heterocycles. The fourth-order valence-electron chi connectivity index (χ4n) is 2.29. The lowest BCUT2D eigenvalue weighted by atomic mass is 10.2. The van der Waals surface area contributed by atoms with Crippen LogP contribution in [0.15, 0.2) is 0 Å². The molecule has 2 heterocycles. The first-order chi connectivity index (χ1) is 9.08. The Morgan fingerprint density at radius 3 is 2.79 bits per heavy atom. The standard InChI is InChI=1S/C12H17N5O2/c1-16-4-5-17(6-8(16)18)12(19)11-9(13)10(14-15-11)7-2-3-7/h7H,2-6,13H2,1H3,(H,14,15). The summed E-state index contributed by atoms with van der Waals surface area (Å²) in [5.41, 5.74) is 7.53. The average molecular weight is 263 g/mol. The van der Waals surface area contributed by atoms with Crippen LogP contribution in [0.5, 0.6) is 0 Å². The van der Waals surface area contributed by atoms with E-state index in [-0.39, 0.29) is 24.1 Å². The van der Waals surface area contributed by atoms with Gasteiger partial charge in [0, 0.05) is 26.1 Å². The highest BCUT2D eigenvalue weighted by Crippen LogP contribution is 2.42. The van der Waals surface area contributed by atoms with E-state index in [0.717, 1.165) is 18.5 Å². The van der Waals surface area contributed by atoms with E-state index in [1.54, 1.807) is 11.9 Å². The molecule has 3 rings (SSSR count). The molecule has 2 fully saturated rings. The first kappa shape index (κ1) is 12.0. The van der Waals surface area contributed by atoms with Crippen LogP contribution in [0.4, 0.5) is 5.69 Å². The van der Waals surface area contributed by atoms with Gasteiger partial charge in [-0.1, -0.05) is 0 Å². The van der Waals surface area contributed by atoms with E-state index in [1.165, 1.54) is 4.90 Å². The van der Waals surface area contributed by atoms with E-state index in [9.17, 15) is 9.59 Å². The molecule has 1 aromatic heterocycles. The lowest BCUT2D eigenvalue weighted by Crippen LogP contribution is -2.50. The number of nitrogens with one attached hydrogen (secondary N) is 1. The van der Waals surface area contributed by atoms with Crippen molar-refractivity contribution >= 4 is 17.5 Å². The number of anilines is 1. The number of carbonyl (C=O) groups excluding carboxylic acids is 2. The summed E-state index contributed by atoms with van der Waals surface area (Å²) in [7, 11) is 1.73. The van der Waals surface area contributed by atoms with Crippen LogP contribution < -0.4 is 5.73 Å². The first-order valence-electron chi connectivity index (χ1n) is 6.45. The molecule has 1 aliphatic carbocycles. The zero-order valence-corrected chi connectivity index (χ0v) is 10.8. The molecular formula is C12H17N5O2. The van der Waals surface area contributed by atoms with Crippen molar-refractivity contribution in [2.75, 3.05) is 32.4 Å². The van der Waals surface area contributed by atoms with Crippen LogP contribution in [0, 0.1) is 0 Å². The number of piperazine rings is 1. The topological polar surface area (TPSA) is 95.3 Å². The summed E-state index contributed by atoms with van der Waals surface area (Å²) < 4.78 is 0. The fourth-order valence-corrected chi connectivity index (χ4v) is 2.29. The number of nitrogens with zero attached hydrogens (tertiary/aromatic N) is 3. The van der Waals surface area contributed by atoms with E-state index in [4.69, 9.17) is 5.73 Å². The molecule has 0 unspecified atom stereocenters. The summed E-state index contributed by atoms with van der Waals surface area (Å²) in [6.45, 7) is 1.16. The molecule has 7 heteroatoms. The van der Waals surface area contributed by atoms with Crippen molar-refractivity contribution in [1.29, 1.82) is 0 Å². The summed E-state index contributed by atoms with van der Waals surface area (Å²) in [5, 5.41) is 6.89. The summed E-state index contributed by atoms with van der Waals surface area (Å²) in [6, 6.07) is 0. The van der Waals surface area contributed by atoms with Gasteiger partial charge in [0.25, 0.3) is 5.91 Å². The lowest BCUT2D eigenvalue weighted by Gasteiger charge is -2.31. The maximum absolute atomic E-state index is 12.3. The zero-order valence-electron chi connectivity index (χ0n) is 10.8. The molecular weight excluding hydrogens is 246 g/mol. The lowest BCUT2D eigenvalue weighted by molar-refractivity contribution is -0.133. The number of carbonyl (C=O) groups is 2. The summed E-state index contributed by atoms with van der Waals surface area (Å²) in [5.74, 6) is 0.0985. The minimum Gasteiger partial charge on any atom is -0.395 e. The number of nitrogen functional groups attached to an aromatic ring is 1. The third-order valence-electron chi connectivity index (χ3n) is 3.77. The van der Waals surface area contributed by atoms with Gasteiger partial charge in [0.15, 0.2) is 5.69 Å². The molecule has 1 aromatic rings. The number of aromatic amines is 1. The predicted molar refractivity (Wildman–Crippen MR) is 68.5 cm³/mol. The zero-order chi connectivity index (χ0) is 13.6. The smallest absolute Gasteiger partial charge is 0.277 e. The van der Waals surface area contributed by atoms with Crippen LogP contribution in [-0.4, -0.2) is 58.5 Å². The molecule has 0 radical (unpaired) electrons. The van der Waals surface area contributed by atoms with Gasteiger partial charge in [0.2, 0.25) is 5.91 Å². The average Bonchev–Trinajstić information content (AvgIpc) is 3.16. The van der Waals surface area contributed by atoms with Gasteiger partial charge in [-0.3, -0.25) is 14.7 Å². The Kier molecular flexibility index (Phi) is 2.69. The van der Waals surface area contributed by atoms with E-state index >= 15 is 0 Å². The SMILES string of the molecule is CN1CCN(C(=O)c2n[nH]c(C3CC3)c2N)CC1=O. The van der Waals surface area contributed by atoms with Crippen molar-refractivity contribution in [2.45, 2.75) is 18.8 Å². The van der Waals surface area contributed by atoms with E-state index in [1.807, 2.05) is 0 Å². The second-order valence-corrected chi connectivity index (χ2v) is 5.22. The van der Waals surface area contributed by atoms with Gasteiger partial charge < -0.3 is 15.5 Å². The van der Waals surface area contributed by atoms with Crippen molar-refractivity contribution < 1.29 is 9.59 Å². The van der Waals surface area contributed by atoms with Crippen molar-refractivity contribution in [3.05, 3.63) is 11.4 Å². The Balaban J connectivity index is 1.78. The van der Waals surface area contributed by atoms with Gasteiger partial charge in [-0.05, 0) is 12.8 Å². The minimum absolute atomic E-state index is 0.0591. The molecule has 0 spiro atoms. The van der Waals surface area contributed by atoms with Crippen LogP contribution in [-0.2, 0) is 4.79 Å². The van der Waals surface area contributed by atoms with Crippen LogP contribution in [0.2, 0.25) is 0 Å². The quantitative estimate of drug-likeness (QED) is 0.771. The van der Waals surface area contributed by atoms with Crippen LogP contribution in [0.1, 0.15) is 34.9 Å². The molecule has 102 valence electrons. The number of hydrogen-bond donors (Lipinski definition) is 2. The third kappa shape index (κ3) is 2.05. The Bertz CT molecular complexity index is 534. The van der Waals surface area contributed by atoms with E-state index in [2.05, 4.69) is 10.2 Å². The highest BCUT2D eigenvalue weighted by molar-refractivity contribution is 5.99. The van der Waals surface area contributed by atoms with Gasteiger partial charge in [-0.2, -0.15) is 5.10 Å². The highest BCUT2D eigenvalue weighted by atomic mass is 16.2. The van der Waals surface area contributed by atoms with Gasteiger partial charge in [0.05, 0.1) is 11.4 Å². The van der Waals surface area contributed by atoms with E-state index < -0.39 is 0 Å². The van der Waals surface area contributed by atoms with Crippen molar-refractivity contribution in [3.63, 3.8) is 0 Å². The Hall–Kier alpha value is -2.05. The second kappa shape index (κ2) is 4.25. The van der Waals surface area contributed by atoms with Gasteiger partial charge in [-0.15, -0.1) is 0 Å².